The molecule has 2 nitrogen and oxygen atoms in total. The van der Waals surface area contributed by atoms with Crippen LogP contribution in [0.4, 0.5) is 0 Å². The SMILES string of the molecule is CCC(C)(C)c1cccc(C[C@H](C)CN2C[C@@H](C)O[C@@H](C)C2)c1. The van der Waals surface area contributed by atoms with E-state index in [1.807, 2.05) is 0 Å². The van der Waals surface area contributed by atoms with Crippen molar-refractivity contribution >= 4 is 0 Å². The van der Waals surface area contributed by atoms with Gasteiger partial charge in [-0.2, -0.15) is 0 Å². The standard InChI is InChI=1S/C21H35NO/c1-7-21(5,6)20-10-8-9-19(12-20)11-16(2)13-22-14-17(3)23-18(4)15-22/h8-10,12,16-18H,7,11,13-15H2,1-6H3/t16-,17-,18+/m0/s1. The van der Waals surface area contributed by atoms with E-state index in [1.54, 1.807) is 0 Å². The first-order valence-corrected chi connectivity index (χ1v) is 9.27. The number of morpholine rings is 1. The second-order valence-corrected chi connectivity index (χ2v) is 8.22. The number of nitrogens with zero attached hydrogens (tertiary/aromatic N) is 1. The predicted octanol–water partition coefficient (Wildman–Crippen LogP) is 4.66. The summed E-state index contributed by atoms with van der Waals surface area (Å²) in [7, 11) is 0. The lowest BCUT2D eigenvalue weighted by Gasteiger charge is -2.36. The maximum absolute atomic E-state index is 5.84. The third-order valence-electron chi connectivity index (χ3n) is 5.24. The molecule has 0 radical (unpaired) electrons. The summed E-state index contributed by atoms with van der Waals surface area (Å²) in [6.07, 6.45) is 3.06. The molecular formula is C21H35NO. The molecule has 1 aliphatic rings. The molecule has 0 bridgehead atoms. The molecule has 1 aromatic carbocycles. The second-order valence-electron chi connectivity index (χ2n) is 8.22. The fraction of sp³-hybridized carbons (Fsp3) is 0.714. The molecular weight excluding hydrogens is 282 g/mol. The van der Waals surface area contributed by atoms with Crippen LogP contribution < -0.4 is 0 Å². The molecule has 1 saturated heterocycles. The lowest BCUT2D eigenvalue weighted by Crippen LogP contribution is -2.47. The van der Waals surface area contributed by atoms with Crippen molar-refractivity contribution in [2.75, 3.05) is 19.6 Å². The molecule has 1 aliphatic heterocycles. The molecule has 3 atom stereocenters. The molecule has 2 heteroatoms. The summed E-state index contributed by atoms with van der Waals surface area (Å²) in [6, 6.07) is 9.22. The van der Waals surface area contributed by atoms with Gasteiger partial charge in [0.1, 0.15) is 0 Å². The van der Waals surface area contributed by atoms with E-state index in [4.69, 9.17) is 4.74 Å². The smallest absolute Gasteiger partial charge is 0.0678 e. The first kappa shape index (κ1) is 18.5. The number of ether oxygens (including phenoxy) is 1. The number of benzene rings is 1. The number of hydrogen-bond acceptors (Lipinski definition) is 2. The Balaban J connectivity index is 1.95. The van der Waals surface area contributed by atoms with Crippen LogP contribution in [-0.4, -0.2) is 36.7 Å². The van der Waals surface area contributed by atoms with Crippen LogP contribution in [0.3, 0.4) is 0 Å². The summed E-state index contributed by atoms with van der Waals surface area (Å²) in [4.78, 5) is 2.57. The van der Waals surface area contributed by atoms with E-state index in [9.17, 15) is 0 Å². The van der Waals surface area contributed by atoms with Crippen LogP contribution in [0.1, 0.15) is 59.1 Å². The molecule has 130 valence electrons. The molecule has 2 rings (SSSR count). The Hall–Kier alpha value is -0.860. The van der Waals surface area contributed by atoms with E-state index < -0.39 is 0 Å². The van der Waals surface area contributed by atoms with Gasteiger partial charge >= 0.3 is 0 Å². The van der Waals surface area contributed by atoms with Crippen molar-refractivity contribution in [2.45, 2.75) is 72.0 Å². The third kappa shape index (κ3) is 5.32. The summed E-state index contributed by atoms with van der Waals surface area (Å²) in [6.45, 7) is 17.0. The molecule has 1 fully saturated rings. The molecule has 0 saturated carbocycles. The Kier molecular flexibility index (Phi) is 6.27. The summed E-state index contributed by atoms with van der Waals surface area (Å²) in [5, 5.41) is 0. The van der Waals surface area contributed by atoms with E-state index in [1.165, 1.54) is 24.1 Å². The zero-order valence-electron chi connectivity index (χ0n) is 15.9. The Morgan fingerprint density at radius 3 is 2.48 bits per heavy atom. The average Bonchev–Trinajstić information content (AvgIpc) is 2.46. The molecule has 0 unspecified atom stereocenters. The predicted molar refractivity (Wildman–Crippen MR) is 99.1 cm³/mol. The quantitative estimate of drug-likeness (QED) is 0.756. The van der Waals surface area contributed by atoms with E-state index in [0.29, 0.717) is 18.1 Å². The Bertz CT molecular complexity index is 486. The van der Waals surface area contributed by atoms with E-state index in [0.717, 1.165) is 19.5 Å². The van der Waals surface area contributed by atoms with Crippen molar-refractivity contribution in [3.8, 4) is 0 Å². The molecule has 0 amide bonds. The highest BCUT2D eigenvalue weighted by Gasteiger charge is 2.23. The highest BCUT2D eigenvalue weighted by atomic mass is 16.5. The van der Waals surface area contributed by atoms with Crippen LogP contribution in [-0.2, 0) is 16.6 Å². The van der Waals surface area contributed by atoms with Gasteiger partial charge in [0.05, 0.1) is 12.2 Å². The van der Waals surface area contributed by atoms with E-state index in [-0.39, 0.29) is 5.41 Å². The molecule has 0 aliphatic carbocycles. The summed E-state index contributed by atoms with van der Waals surface area (Å²) < 4.78 is 5.84. The lowest BCUT2D eigenvalue weighted by atomic mass is 9.81. The van der Waals surface area contributed by atoms with E-state index in [2.05, 4.69) is 70.7 Å². The molecule has 1 heterocycles. The molecule has 0 aromatic heterocycles. The number of rotatable bonds is 6. The molecule has 1 aromatic rings. The van der Waals surface area contributed by atoms with Crippen LogP contribution >= 0.6 is 0 Å². The zero-order chi connectivity index (χ0) is 17.0. The van der Waals surface area contributed by atoms with Gasteiger partial charge in [-0.25, -0.2) is 0 Å². The maximum Gasteiger partial charge on any atom is 0.0678 e. The summed E-state index contributed by atoms with van der Waals surface area (Å²) in [5.74, 6) is 0.674. The van der Waals surface area contributed by atoms with Crippen molar-refractivity contribution in [1.82, 2.24) is 4.90 Å². The van der Waals surface area contributed by atoms with Gasteiger partial charge < -0.3 is 4.74 Å². The molecule has 0 N–H and O–H groups in total. The second kappa shape index (κ2) is 7.81. The van der Waals surface area contributed by atoms with Gasteiger partial charge in [0.15, 0.2) is 0 Å². The van der Waals surface area contributed by atoms with Crippen molar-refractivity contribution < 1.29 is 4.74 Å². The molecule has 23 heavy (non-hydrogen) atoms. The summed E-state index contributed by atoms with van der Waals surface area (Å²) >= 11 is 0. The van der Waals surface area contributed by atoms with Gasteiger partial charge in [-0.05, 0) is 49.1 Å². The summed E-state index contributed by atoms with van der Waals surface area (Å²) in [5.41, 5.74) is 3.22. The highest BCUT2D eigenvalue weighted by molar-refractivity contribution is 5.29. The topological polar surface area (TPSA) is 12.5 Å². The third-order valence-corrected chi connectivity index (χ3v) is 5.24. The Labute approximate surface area is 143 Å². The number of hydrogen-bond donors (Lipinski definition) is 0. The van der Waals surface area contributed by atoms with Crippen LogP contribution in [0, 0.1) is 5.92 Å². The molecule has 0 spiro atoms. The van der Waals surface area contributed by atoms with Gasteiger partial charge in [-0.15, -0.1) is 0 Å². The van der Waals surface area contributed by atoms with Crippen molar-refractivity contribution in [2.24, 2.45) is 5.92 Å². The van der Waals surface area contributed by atoms with Gasteiger partial charge in [-0.1, -0.05) is 52.0 Å². The highest BCUT2D eigenvalue weighted by Crippen LogP contribution is 2.27. The normalized spacial score (nSPS) is 24.6. The minimum Gasteiger partial charge on any atom is -0.373 e. The van der Waals surface area contributed by atoms with E-state index >= 15 is 0 Å². The van der Waals surface area contributed by atoms with Gasteiger partial charge in [-0.3, -0.25) is 4.90 Å². The Morgan fingerprint density at radius 2 is 1.87 bits per heavy atom. The largest absolute Gasteiger partial charge is 0.373 e. The zero-order valence-corrected chi connectivity index (χ0v) is 15.9. The van der Waals surface area contributed by atoms with Crippen LogP contribution in [0.2, 0.25) is 0 Å². The fourth-order valence-electron chi connectivity index (χ4n) is 3.66. The monoisotopic (exact) mass is 317 g/mol. The van der Waals surface area contributed by atoms with Crippen molar-refractivity contribution in [3.63, 3.8) is 0 Å². The Morgan fingerprint density at radius 1 is 1.22 bits per heavy atom. The van der Waals surface area contributed by atoms with Crippen LogP contribution in [0.25, 0.3) is 0 Å². The average molecular weight is 318 g/mol. The van der Waals surface area contributed by atoms with Crippen molar-refractivity contribution in [3.05, 3.63) is 35.4 Å². The first-order valence-electron chi connectivity index (χ1n) is 9.27. The van der Waals surface area contributed by atoms with Crippen molar-refractivity contribution in [1.29, 1.82) is 0 Å². The van der Waals surface area contributed by atoms with Gasteiger partial charge in [0.2, 0.25) is 0 Å². The fourth-order valence-corrected chi connectivity index (χ4v) is 3.66. The van der Waals surface area contributed by atoms with Gasteiger partial charge in [0, 0.05) is 19.6 Å². The van der Waals surface area contributed by atoms with Gasteiger partial charge in [0.25, 0.3) is 0 Å². The van der Waals surface area contributed by atoms with Crippen LogP contribution in [0.15, 0.2) is 24.3 Å². The lowest BCUT2D eigenvalue weighted by molar-refractivity contribution is -0.0708. The van der Waals surface area contributed by atoms with Crippen LogP contribution in [0.5, 0.6) is 0 Å². The minimum absolute atomic E-state index is 0.272. The first-order chi connectivity index (χ1) is 10.8. The maximum atomic E-state index is 5.84. The minimum atomic E-state index is 0.272.